The van der Waals surface area contributed by atoms with E-state index >= 15 is 0 Å². The first-order valence-electron chi connectivity index (χ1n) is 23.3. The molecule has 0 unspecified atom stereocenters. The van der Waals surface area contributed by atoms with Gasteiger partial charge >= 0.3 is 0 Å². The molecule has 4 heterocycles. The van der Waals surface area contributed by atoms with Gasteiger partial charge in [0.1, 0.15) is 5.58 Å². The van der Waals surface area contributed by atoms with Gasteiger partial charge in [-0.15, -0.1) is 0 Å². The number of furan rings is 1. The van der Waals surface area contributed by atoms with Crippen molar-refractivity contribution < 1.29 is 18.1 Å². The Morgan fingerprint density at radius 3 is 1.60 bits per heavy atom. The third kappa shape index (κ3) is 4.74. The van der Waals surface area contributed by atoms with E-state index in [1.165, 1.54) is 0 Å². The Morgan fingerprint density at radius 1 is 0.421 bits per heavy atom. The molecule has 0 bridgehead atoms. The molecule has 12 rings (SSSR count). The lowest BCUT2D eigenvalue weighted by Gasteiger charge is -2.12. The zero-order valence-electron chi connectivity index (χ0n) is 39.8. The van der Waals surface area contributed by atoms with E-state index in [4.69, 9.17) is 28.1 Å². The lowest BCUT2D eigenvalue weighted by molar-refractivity contribution is 0.666. The summed E-state index contributed by atoms with van der Waals surface area (Å²) in [6.45, 7) is 0. The molecule has 0 saturated carbocycles. The van der Waals surface area contributed by atoms with Gasteiger partial charge in [0, 0.05) is 54.7 Å². The SMILES string of the molecule is [2H]c1c([2H])c([2H])c(-c2nc(-c3c([2H])c([2H])c([2H])c([2H])c3[2H])nc(-c3ccc(-n4c5ccccc5c5c6c7ccccc7n(-c7ccccc7)c6ccc54)c4oc5ccccc5c34)n2)c([2H])c1[2H]. The van der Waals surface area contributed by atoms with Crippen molar-refractivity contribution in [2.45, 2.75) is 0 Å². The first-order valence-corrected chi connectivity index (χ1v) is 18.3. The number of nitrogens with zero attached hydrogens (tertiary/aromatic N) is 5. The fourth-order valence-electron chi connectivity index (χ4n) is 8.25. The number of hydrogen-bond donors (Lipinski definition) is 0. The van der Waals surface area contributed by atoms with Crippen LogP contribution in [0.1, 0.15) is 13.7 Å². The molecule has 0 aliphatic carbocycles. The Bertz CT molecular complexity index is 3980. The number of para-hydroxylation sites is 4. The monoisotopic (exact) mass is 739 g/mol. The average Bonchev–Trinajstić information content (AvgIpc) is 4.02. The van der Waals surface area contributed by atoms with Crippen LogP contribution in [0.2, 0.25) is 0 Å². The van der Waals surface area contributed by atoms with E-state index in [1.54, 1.807) is 0 Å². The van der Waals surface area contributed by atoms with E-state index in [2.05, 4.69) is 68.7 Å². The minimum Gasteiger partial charge on any atom is -0.454 e. The highest BCUT2D eigenvalue weighted by Crippen LogP contribution is 2.45. The van der Waals surface area contributed by atoms with Crippen LogP contribution in [0.3, 0.4) is 0 Å². The normalized spacial score (nSPS) is 14.3. The molecule has 266 valence electrons. The highest BCUT2D eigenvalue weighted by atomic mass is 16.3. The molecule has 4 aromatic heterocycles. The molecule has 57 heavy (non-hydrogen) atoms. The fraction of sp³-hybridized carbons (Fsp3) is 0. The summed E-state index contributed by atoms with van der Waals surface area (Å²) in [4.78, 5) is 14.1. The second-order valence-corrected chi connectivity index (χ2v) is 13.6. The Hall–Kier alpha value is -7.83. The molecule has 8 aromatic carbocycles. The second kappa shape index (κ2) is 12.3. The van der Waals surface area contributed by atoms with Crippen molar-refractivity contribution >= 4 is 65.6 Å². The zero-order chi connectivity index (χ0) is 46.2. The summed E-state index contributed by atoms with van der Waals surface area (Å²) >= 11 is 0. The largest absolute Gasteiger partial charge is 0.454 e. The van der Waals surface area contributed by atoms with Gasteiger partial charge in [0.25, 0.3) is 0 Å². The quantitative estimate of drug-likeness (QED) is 0.176. The van der Waals surface area contributed by atoms with Crippen molar-refractivity contribution in [3.05, 3.63) is 188 Å². The number of hydrogen-bond acceptors (Lipinski definition) is 4. The minimum absolute atomic E-state index is 0.0561. The lowest BCUT2D eigenvalue weighted by Crippen LogP contribution is -2.01. The highest BCUT2D eigenvalue weighted by molar-refractivity contribution is 6.29. The summed E-state index contributed by atoms with van der Waals surface area (Å²) in [6, 6.07) is 36.3. The maximum atomic E-state index is 8.85. The Morgan fingerprint density at radius 2 is 0.947 bits per heavy atom. The van der Waals surface area contributed by atoms with Crippen molar-refractivity contribution in [2.75, 3.05) is 0 Å². The van der Waals surface area contributed by atoms with Crippen LogP contribution < -0.4 is 0 Å². The van der Waals surface area contributed by atoms with E-state index in [0.29, 0.717) is 33.2 Å². The molecule has 0 radical (unpaired) electrons. The standard InChI is InChI=1S/C51H31N5O/c1-4-16-32(17-5-1)49-52-50(33-18-6-2-7-19-33)54-51(53-49)38-28-29-43(48-45(38)37-24-12-15-27-44(37)57-48)56-40-26-14-11-23-36(40)47-42(56)31-30-41-46(47)35-22-10-13-25-39(35)55(41)34-20-8-3-9-21-34/h1-31H/i1D,2D,4D,5D,6D,7D,16D,17D,18D,19D. The van der Waals surface area contributed by atoms with Crippen molar-refractivity contribution in [1.29, 1.82) is 0 Å². The number of rotatable bonds is 5. The molecule has 0 N–H and O–H groups in total. The summed E-state index contributed by atoms with van der Waals surface area (Å²) in [5.74, 6) is -0.760. The number of fused-ring (bicyclic) bond motifs is 10. The maximum Gasteiger partial charge on any atom is 0.164 e. The Balaban J connectivity index is 1.18. The molecule has 0 amide bonds. The van der Waals surface area contributed by atoms with E-state index in [9.17, 15) is 0 Å². The molecule has 12 aromatic rings. The summed E-state index contributed by atoms with van der Waals surface area (Å²) in [6.07, 6.45) is 0. The number of aromatic nitrogens is 5. The first-order chi connectivity index (χ1) is 32.4. The van der Waals surface area contributed by atoms with Crippen LogP contribution in [0.4, 0.5) is 0 Å². The van der Waals surface area contributed by atoms with E-state index in [0.717, 1.165) is 49.3 Å². The van der Waals surface area contributed by atoms with Crippen LogP contribution in [0, 0.1) is 0 Å². The van der Waals surface area contributed by atoms with Crippen LogP contribution in [0.25, 0.3) is 111 Å². The Labute approximate surface area is 340 Å². The molecule has 0 fully saturated rings. The molecule has 0 atom stereocenters. The van der Waals surface area contributed by atoms with Gasteiger partial charge in [-0.25, -0.2) is 15.0 Å². The van der Waals surface area contributed by atoms with Gasteiger partial charge in [-0.3, -0.25) is 0 Å². The summed E-state index contributed by atoms with van der Waals surface area (Å²) in [5, 5.41) is 5.53. The predicted molar refractivity (Wildman–Crippen MR) is 232 cm³/mol. The average molecular weight is 740 g/mol. The van der Waals surface area contributed by atoms with E-state index in [-0.39, 0.29) is 28.6 Å². The van der Waals surface area contributed by atoms with Crippen molar-refractivity contribution in [3.8, 4) is 45.5 Å². The molecule has 0 aliphatic heterocycles. The van der Waals surface area contributed by atoms with Crippen molar-refractivity contribution in [3.63, 3.8) is 0 Å². The maximum absolute atomic E-state index is 8.85. The second-order valence-electron chi connectivity index (χ2n) is 13.6. The topological polar surface area (TPSA) is 61.7 Å². The van der Waals surface area contributed by atoms with Crippen LogP contribution in [0.5, 0.6) is 0 Å². The van der Waals surface area contributed by atoms with Gasteiger partial charge < -0.3 is 13.6 Å². The third-order valence-corrected chi connectivity index (χ3v) is 10.6. The van der Waals surface area contributed by atoms with Gasteiger partial charge in [-0.2, -0.15) is 0 Å². The highest BCUT2D eigenvalue weighted by Gasteiger charge is 2.25. The van der Waals surface area contributed by atoms with Gasteiger partial charge in [0.05, 0.1) is 41.5 Å². The van der Waals surface area contributed by atoms with Gasteiger partial charge in [-0.1, -0.05) is 133 Å². The lowest BCUT2D eigenvalue weighted by atomic mass is 10.0. The van der Waals surface area contributed by atoms with Crippen LogP contribution >= 0.6 is 0 Å². The molecular weight excluding hydrogens is 699 g/mol. The molecule has 6 heteroatoms. The number of benzene rings is 8. The smallest absolute Gasteiger partial charge is 0.164 e. The van der Waals surface area contributed by atoms with Crippen molar-refractivity contribution in [2.24, 2.45) is 0 Å². The van der Waals surface area contributed by atoms with Gasteiger partial charge in [-0.05, 0) is 54.6 Å². The van der Waals surface area contributed by atoms with Crippen LogP contribution in [-0.2, 0) is 0 Å². The zero-order valence-corrected chi connectivity index (χ0v) is 29.8. The summed E-state index contributed by atoms with van der Waals surface area (Å²) < 4.78 is 97.0. The minimum atomic E-state index is -0.622. The fourth-order valence-corrected chi connectivity index (χ4v) is 8.25. The molecule has 0 saturated heterocycles. The van der Waals surface area contributed by atoms with Crippen LogP contribution in [-0.4, -0.2) is 24.1 Å². The Kier molecular flexibility index (Phi) is 5.02. The third-order valence-electron chi connectivity index (χ3n) is 10.6. The van der Waals surface area contributed by atoms with E-state index in [1.807, 2.05) is 72.8 Å². The molecular formula is C51H31N5O. The summed E-state index contributed by atoms with van der Waals surface area (Å²) in [5.41, 5.74) is 6.39. The van der Waals surface area contributed by atoms with Gasteiger partial charge in [0.15, 0.2) is 23.1 Å². The molecule has 6 nitrogen and oxygen atoms in total. The van der Waals surface area contributed by atoms with Crippen molar-refractivity contribution in [1.82, 2.24) is 24.1 Å². The predicted octanol–water partition coefficient (Wildman–Crippen LogP) is 13.0. The first kappa shape index (κ1) is 23.2. The van der Waals surface area contributed by atoms with Gasteiger partial charge in [0.2, 0.25) is 0 Å². The molecule has 0 aliphatic rings. The van der Waals surface area contributed by atoms with E-state index < -0.39 is 60.4 Å². The van der Waals surface area contributed by atoms with Crippen LogP contribution in [0.15, 0.2) is 192 Å². The molecule has 0 spiro atoms. The summed E-state index contributed by atoms with van der Waals surface area (Å²) in [7, 11) is 0.